The second-order valence-electron chi connectivity index (χ2n) is 6.77. The van der Waals surface area contributed by atoms with Crippen molar-refractivity contribution in [3.05, 3.63) is 108 Å². The van der Waals surface area contributed by atoms with Gasteiger partial charge in [0.2, 0.25) is 0 Å². The third-order valence-electron chi connectivity index (χ3n) is 4.68. The molecule has 0 amide bonds. The Morgan fingerprint density at radius 2 is 1.67 bits per heavy atom. The van der Waals surface area contributed by atoms with Crippen LogP contribution in [0.4, 0.5) is 5.69 Å². The first-order valence-electron chi connectivity index (χ1n) is 9.49. The Morgan fingerprint density at radius 3 is 2.37 bits per heavy atom. The van der Waals surface area contributed by atoms with Crippen LogP contribution >= 0.6 is 0 Å². The molecule has 1 heterocycles. The summed E-state index contributed by atoms with van der Waals surface area (Å²) in [5, 5.41) is 9.05. The predicted molar refractivity (Wildman–Crippen MR) is 118 cm³/mol. The number of carboxylic acid groups (broad SMARTS) is 1. The first kappa shape index (κ1) is 19.2. The molecule has 0 fully saturated rings. The van der Waals surface area contributed by atoms with Crippen LogP contribution in [0.3, 0.4) is 0 Å². The van der Waals surface area contributed by atoms with Gasteiger partial charge in [0.15, 0.2) is 0 Å². The van der Waals surface area contributed by atoms with E-state index in [1.165, 1.54) is 0 Å². The van der Waals surface area contributed by atoms with Gasteiger partial charge in [-0.05, 0) is 79.2 Å². The fourth-order valence-electron chi connectivity index (χ4n) is 3.04. The summed E-state index contributed by atoms with van der Waals surface area (Å²) in [6.07, 6.45) is 3.69. The van der Waals surface area contributed by atoms with E-state index in [0.29, 0.717) is 0 Å². The van der Waals surface area contributed by atoms with Gasteiger partial charge in [0.1, 0.15) is 11.5 Å². The second kappa shape index (κ2) is 8.49. The number of aromatic carboxylic acids is 1. The fraction of sp³-hybridized carbons (Fsp3) is 0.0400. The summed E-state index contributed by atoms with van der Waals surface area (Å²) in [7, 11) is 0. The molecule has 0 bridgehead atoms. The maximum atomic E-state index is 11.0. The number of aryl methyl sites for hydroxylation is 1. The Hall–Kier alpha value is -4.12. The van der Waals surface area contributed by atoms with Crippen molar-refractivity contribution in [1.82, 2.24) is 4.57 Å². The second-order valence-corrected chi connectivity index (χ2v) is 6.77. The van der Waals surface area contributed by atoms with Gasteiger partial charge in [-0.2, -0.15) is 0 Å². The van der Waals surface area contributed by atoms with E-state index in [9.17, 15) is 4.79 Å². The number of hydrogen-bond acceptors (Lipinski definition) is 3. The molecule has 0 saturated heterocycles. The maximum absolute atomic E-state index is 11.0. The molecule has 0 aliphatic carbocycles. The zero-order valence-electron chi connectivity index (χ0n) is 16.4. The highest BCUT2D eigenvalue weighted by Crippen LogP contribution is 2.26. The smallest absolute Gasteiger partial charge is 0.335 e. The van der Waals surface area contributed by atoms with E-state index >= 15 is 0 Å². The van der Waals surface area contributed by atoms with E-state index in [-0.39, 0.29) is 5.56 Å². The summed E-state index contributed by atoms with van der Waals surface area (Å²) < 4.78 is 7.87. The highest BCUT2D eigenvalue weighted by atomic mass is 16.5. The molecule has 0 saturated carbocycles. The fourth-order valence-corrected chi connectivity index (χ4v) is 3.04. The topological polar surface area (TPSA) is 63.8 Å². The Morgan fingerprint density at radius 1 is 0.933 bits per heavy atom. The van der Waals surface area contributed by atoms with Crippen molar-refractivity contribution in [3.63, 3.8) is 0 Å². The maximum Gasteiger partial charge on any atom is 0.335 e. The Balaban J connectivity index is 1.49. The van der Waals surface area contributed by atoms with Gasteiger partial charge in [0.25, 0.3) is 0 Å². The van der Waals surface area contributed by atoms with Gasteiger partial charge in [-0.3, -0.25) is 4.99 Å². The Labute approximate surface area is 174 Å². The standard InChI is InChI=1S/C25H20N2O3/c1-18-5-2-3-7-24(18)30-23-14-10-20(11-15-23)26-17-22-6-4-16-27(22)21-12-8-19(9-13-21)25(28)29/h2-17H,1H3,(H,28,29). The minimum absolute atomic E-state index is 0.258. The SMILES string of the molecule is Cc1ccccc1Oc1ccc(N=Cc2cccn2-c2ccc(C(=O)O)cc2)cc1. The molecule has 0 radical (unpaired) electrons. The Kier molecular flexibility index (Phi) is 5.44. The number of aliphatic imine (C=N–C) groups is 1. The molecular formula is C25H20N2O3. The summed E-state index contributed by atoms with van der Waals surface area (Å²) in [6, 6.07) is 26.1. The molecule has 5 nitrogen and oxygen atoms in total. The normalized spacial score (nSPS) is 11.0. The number of benzene rings is 3. The minimum atomic E-state index is -0.939. The van der Waals surface area contributed by atoms with Crippen LogP contribution in [0.15, 0.2) is 96.1 Å². The van der Waals surface area contributed by atoms with Crippen molar-refractivity contribution < 1.29 is 14.6 Å². The lowest BCUT2D eigenvalue weighted by atomic mass is 10.2. The third-order valence-corrected chi connectivity index (χ3v) is 4.68. The number of nitrogens with zero attached hydrogens (tertiary/aromatic N) is 2. The molecule has 148 valence electrons. The lowest BCUT2D eigenvalue weighted by Gasteiger charge is -2.08. The zero-order chi connectivity index (χ0) is 20.9. The summed E-state index contributed by atoms with van der Waals surface area (Å²) in [5.74, 6) is 0.649. The lowest BCUT2D eigenvalue weighted by Crippen LogP contribution is -2.00. The van der Waals surface area contributed by atoms with Crippen molar-refractivity contribution in [2.75, 3.05) is 0 Å². The molecule has 0 aliphatic heterocycles. The van der Waals surface area contributed by atoms with Crippen LogP contribution < -0.4 is 4.74 Å². The van der Waals surface area contributed by atoms with Crippen LogP contribution in [0, 0.1) is 6.92 Å². The van der Waals surface area contributed by atoms with Gasteiger partial charge in [0.05, 0.1) is 23.2 Å². The number of ether oxygens (including phenoxy) is 1. The highest BCUT2D eigenvalue weighted by Gasteiger charge is 2.05. The van der Waals surface area contributed by atoms with E-state index in [1.54, 1.807) is 30.5 Å². The van der Waals surface area contributed by atoms with Gasteiger partial charge in [0, 0.05) is 11.9 Å². The quantitative estimate of drug-likeness (QED) is 0.405. The third kappa shape index (κ3) is 4.31. The van der Waals surface area contributed by atoms with Crippen molar-refractivity contribution in [1.29, 1.82) is 0 Å². The molecule has 5 heteroatoms. The highest BCUT2D eigenvalue weighted by molar-refractivity contribution is 5.88. The van der Waals surface area contributed by atoms with Crippen LogP contribution in [0.25, 0.3) is 5.69 Å². The number of rotatable bonds is 6. The van der Waals surface area contributed by atoms with E-state index in [1.807, 2.05) is 78.4 Å². The molecule has 1 N–H and O–H groups in total. The predicted octanol–water partition coefficient (Wildman–Crippen LogP) is 6.03. The van der Waals surface area contributed by atoms with Crippen LogP contribution in [0.1, 0.15) is 21.6 Å². The molecule has 1 aromatic heterocycles. The van der Waals surface area contributed by atoms with Crippen LogP contribution in [0.2, 0.25) is 0 Å². The zero-order valence-corrected chi connectivity index (χ0v) is 16.4. The van der Waals surface area contributed by atoms with Crippen molar-refractivity contribution in [2.45, 2.75) is 6.92 Å². The summed E-state index contributed by atoms with van der Waals surface area (Å²) in [5.41, 5.74) is 3.90. The monoisotopic (exact) mass is 396 g/mol. The van der Waals surface area contributed by atoms with Crippen molar-refractivity contribution in [3.8, 4) is 17.2 Å². The number of para-hydroxylation sites is 1. The summed E-state index contributed by atoms with van der Waals surface area (Å²) in [6.45, 7) is 2.01. The van der Waals surface area contributed by atoms with Crippen LogP contribution in [-0.4, -0.2) is 21.9 Å². The molecule has 30 heavy (non-hydrogen) atoms. The molecule has 0 aliphatic rings. The molecule has 3 aromatic carbocycles. The summed E-state index contributed by atoms with van der Waals surface area (Å²) >= 11 is 0. The molecule has 4 aromatic rings. The van der Waals surface area contributed by atoms with E-state index in [2.05, 4.69) is 4.99 Å². The Bertz CT molecular complexity index is 1190. The average molecular weight is 396 g/mol. The van der Waals surface area contributed by atoms with Gasteiger partial charge in [-0.25, -0.2) is 4.79 Å². The molecule has 0 unspecified atom stereocenters. The summed E-state index contributed by atoms with van der Waals surface area (Å²) in [4.78, 5) is 15.6. The van der Waals surface area contributed by atoms with Crippen LogP contribution in [0.5, 0.6) is 11.5 Å². The van der Waals surface area contributed by atoms with Gasteiger partial charge >= 0.3 is 5.97 Å². The molecule has 4 rings (SSSR count). The van der Waals surface area contributed by atoms with Crippen LogP contribution in [-0.2, 0) is 0 Å². The molecule has 0 spiro atoms. The number of carbonyl (C=O) groups is 1. The molecular weight excluding hydrogens is 376 g/mol. The number of aromatic nitrogens is 1. The van der Waals surface area contributed by atoms with Gasteiger partial charge < -0.3 is 14.4 Å². The first-order chi connectivity index (χ1) is 14.6. The average Bonchev–Trinajstić information content (AvgIpc) is 3.23. The van der Waals surface area contributed by atoms with Gasteiger partial charge in [-0.15, -0.1) is 0 Å². The first-order valence-corrected chi connectivity index (χ1v) is 9.49. The number of carboxylic acids is 1. The van der Waals surface area contributed by atoms with E-state index < -0.39 is 5.97 Å². The van der Waals surface area contributed by atoms with Gasteiger partial charge in [-0.1, -0.05) is 18.2 Å². The number of hydrogen-bond donors (Lipinski definition) is 1. The lowest BCUT2D eigenvalue weighted by molar-refractivity contribution is 0.0697. The van der Waals surface area contributed by atoms with Crippen molar-refractivity contribution >= 4 is 17.9 Å². The minimum Gasteiger partial charge on any atom is -0.478 e. The molecule has 0 atom stereocenters. The van der Waals surface area contributed by atoms with Crippen molar-refractivity contribution in [2.24, 2.45) is 4.99 Å². The largest absolute Gasteiger partial charge is 0.478 e. The van der Waals surface area contributed by atoms with E-state index in [0.717, 1.165) is 34.1 Å². The van der Waals surface area contributed by atoms with E-state index in [4.69, 9.17) is 9.84 Å².